The lowest BCUT2D eigenvalue weighted by molar-refractivity contribution is -0.143. The van der Waals surface area contributed by atoms with Crippen molar-refractivity contribution in [2.75, 3.05) is 12.3 Å². The zero-order chi connectivity index (χ0) is 56.3. The van der Waals surface area contributed by atoms with Crippen LogP contribution in [0, 0.1) is 5.92 Å². The smallest absolute Gasteiger partial charge is 0.326 e. The molecule has 22 nitrogen and oxygen atoms in total. The first-order valence-corrected chi connectivity index (χ1v) is 25.7. The van der Waals surface area contributed by atoms with Gasteiger partial charge in [-0.15, -0.1) is 0 Å². The number of thiol groups is 2. The Morgan fingerprint density at radius 3 is 1.66 bits per heavy atom. The number of aromatic amines is 1. The third-order valence-electron chi connectivity index (χ3n) is 12.3. The number of phenols is 1. The average Bonchev–Trinajstić information content (AvgIpc) is 3.77. The van der Waals surface area contributed by atoms with Crippen molar-refractivity contribution in [3.63, 3.8) is 0 Å². The van der Waals surface area contributed by atoms with Gasteiger partial charge in [0.2, 0.25) is 41.4 Å². The summed E-state index contributed by atoms with van der Waals surface area (Å²) in [6.45, 7) is 6.51. The van der Waals surface area contributed by atoms with E-state index in [9.17, 15) is 53.4 Å². The molecular weight excluding hydrogens is 1020 g/mol. The molecule has 0 aliphatic carbocycles. The maximum atomic E-state index is 14.8. The fraction of sp³-hybridized carbons (Fsp3) is 0.442. The predicted molar refractivity (Wildman–Crippen MR) is 290 cm³/mol. The summed E-state index contributed by atoms with van der Waals surface area (Å²) < 4.78 is -1.28. The lowest BCUT2D eigenvalue weighted by atomic mass is 9.98. The van der Waals surface area contributed by atoms with E-state index in [2.05, 4.69) is 67.5 Å². The van der Waals surface area contributed by atoms with Crippen LogP contribution in [0.25, 0.3) is 10.9 Å². The van der Waals surface area contributed by atoms with Gasteiger partial charge in [0.25, 0.3) is 0 Å². The molecule has 24 heteroatoms. The molecule has 3 aromatic carbocycles. The number of benzene rings is 3. The number of rotatable bonds is 30. The molecule has 1 heterocycles. The molecule has 0 unspecified atom stereocenters. The first kappa shape index (κ1) is 61.4. The molecule has 0 bridgehead atoms. The summed E-state index contributed by atoms with van der Waals surface area (Å²) in [6.07, 6.45) is 1.24. The number of amides is 7. The third kappa shape index (κ3) is 18.9. The van der Waals surface area contributed by atoms with Gasteiger partial charge in [-0.2, -0.15) is 25.3 Å². The predicted octanol–water partition coefficient (Wildman–Crippen LogP) is 0.605. The molecule has 4 rings (SSSR count). The van der Waals surface area contributed by atoms with Gasteiger partial charge in [-0.3, -0.25) is 38.4 Å². The van der Waals surface area contributed by atoms with Gasteiger partial charge in [0.05, 0.1) is 12.5 Å². The van der Waals surface area contributed by atoms with Crippen molar-refractivity contribution in [1.29, 1.82) is 0 Å². The molecule has 1 aromatic heterocycles. The first-order valence-electron chi connectivity index (χ1n) is 24.6. The number of fused-ring (bicyclic) bond motifs is 1. The molecule has 76 heavy (non-hydrogen) atoms. The van der Waals surface area contributed by atoms with Crippen LogP contribution in [0.15, 0.2) is 85.1 Å². The van der Waals surface area contributed by atoms with E-state index in [1.807, 2.05) is 12.1 Å². The molecule has 0 aliphatic heterocycles. The Morgan fingerprint density at radius 2 is 1.12 bits per heavy atom. The Bertz CT molecular complexity index is 2650. The Kier molecular flexibility index (Phi) is 23.6. The number of hydrogen-bond acceptors (Lipinski definition) is 14. The summed E-state index contributed by atoms with van der Waals surface area (Å²) in [6, 6.07) is 10.4. The average molecular weight is 1090 g/mol. The Balaban J connectivity index is 1.71. The van der Waals surface area contributed by atoms with Crippen LogP contribution >= 0.6 is 25.3 Å². The topological polar surface area (TPSA) is 366 Å². The minimum atomic E-state index is -1.50. The highest BCUT2D eigenvalue weighted by Gasteiger charge is 2.39. The molecular formula is C52H70N10O12S2. The van der Waals surface area contributed by atoms with Crippen LogP contribution in [0.5, 0.6) is 5.75 Å². The number of aromatic nitrogens is 1. The van der Waals surface area contributed by atoms with Gasteiger partial charge >= 0.3 is 11.9 Å². The second kappa shape index (κ2) is 29.2. The Labute approximate surface area is 451 Å². The lowest BCUT2D eigenvalue weighted by Crippen LogP contribution is -2.63. The Morgan fingerprint density at radius 1 is 0.618 bits per heavy atom. The molecule has 7 amide bonds. The van der Waals surface area contributed by atoms with E-state index in [1.54, 1.807) is 62.5 Å². The van der Waals surface area contributed by atoms with E-state index in [0.717, 1.165) is 10.9 Å². The largest absolute Gasteiger partial charge is 0.508 e. The summed E-state index contributed by atoms with van der Waals surface area (Å²) in [5, 5.41) is 48.1. The molecule has 8 atom stereocenters. The molecule has 0 saturated heterocycles. The van der Waals surface area contributed by atoms with Gasteiger partial charge in [0.1, 0.15) is 48.0 Å². The number of hydrogen-bond donors (Lipinski definition) is 15. The first-order chi connectivity index (χ1) is 35.9. The highest BCUT2D eigenvalue weighted by atomic mass is 32.1. The van der Waals surface area contributed by atoms with Gasteiger partial charge in [-0.1, -0.05) is 74.5 Å². The van der Waals surface area contributed by atoms with E-state index in [4.69, 9.17) is 16.6 Å². The number of carbonyl (C=O) groups excluding carboxylic acids is 7. The third-order valence-corrected chi connectivity index (χ3v) is 12.9. The number of para-hydroxylation sites is 1. The number of unbranched alkanes of at least 4 members (excludes halogenated alkanes) is 1. The molecule has 15 N–H and O–H groups in total. The van der Waals surface area contributed by atoms with E-state index >= 15 is 0 Å². The molecule has 412 valence electrons. The minimum Gasteiger partial charge on any atom is -0.508 e. The zero-order valence-corrected chi connectivity index (χ0v) is 44.5. The number of carboxylic acids is 2. The molecule has 4 aromatic rings. The molecule has 0 radical (unpaired) electrons. The summed E-state index contributed by atoms with van der Waals surface area (Å²) in [5.74, 6) is -9.56. The fourth-order valence-corrected chi connectivity index (χ4v) is 8.47. The fourth-order valence-electron chi connectivity index (χ4n) is 8.03. The molecule has 0 spiro atoms. The van der Waals surface area contributed by atoms with Crippen LogP contribution < -0.4 is 48.7 Å². The van der Waals surface area contributed by atoms with Crippen molar-refractivity contribution in [1.82, 2.24) is 42.2 Å². The van der Waals surface area contributed by atoms with Crippen molar-refractivity contribution in [3.05, 3.63) is 102 Å². The monoisotopic (exact) mass is 1090 g/mol. The Hall–Kier alpha value is -7.15. The van der Waals surface area contributed by atoms with Crippen LogP contribution in [-0.4, -0.2) is 139 Å². The van der Waals surface area contributed by atoms with Gasteiger partial charge in [0, 0.05) is 46.9 Å². The maximum Gasteiger partial charge on any atom is 0.326 e. The minimum absolute atomic E-state index is 0.00377. The number of H-pyrrole nitrogens is 1. The molecule has 0 saturated carbocycles. The van der Waals surface area contributed by atoms with Crippen molar-refractivity contribution in [2.45, 2.75) is 126 Å². The van der Waals surface area contributed by atoms with Crippen LogP contribution in [0.2, 0.25) is 0 Å². The molecule has 0 aliphatic rings. The number of phenolic OH excluding ortho intramolecular Hbond substituents is 1. The summed E-state index contributed by atoms with van der Waals surface area (Å²) in [5.41, 5.74) is 14.0. The summed E-state index contributed by atoms with van der Waals surface area (Å²) in [4.78, 5) is 125. The number of nitrogens with one attached hydrogen (secondary N) is 8. The van der Waals surface area contributed by atoms with Crippen LogP contribution in [-0.2, 0) is 62.4 Å². The lowest BCUT2D eigenvalue weighted by Gasteiger charge is -2.33. The quantitative estimate of drug-likeness (QED) is 0.0251. The second-order valence-electron chi connectivity index (χ2n) is 19.3. The number of carboxylic acid groups (broad SMARTS) is 2. The van der Waals surface area contributed by atoms with Crippen molar-refractivity contribution in [2.24, 2.45) is 17.4 Å². The standard InChI is InChI=1S/C52H70N10O12S2/c1-28(2)42(51(73)74)61-50(72)43(52(3,4)76)62-48(70)38(23-30-17-19-32(63)20-18-30)57-45(67)36(16-10-11-21-53)56-47(69)39(24-31-26-55-35-15-9-8-14-33(31)35)59-46(68)37(22-29-12-6-5-7-13-29)58-49(71)40(27-75)60-44(66)34(54)25-41(64)65/h5-9,12-15,17-20,26,28,34,36-40,42-43,55,63,75-76H,10-11,16,21-25,27,53-54H2,1-4H3,(H,56,69)(H,57,67)(H,58,71)(H,59,68)(H,60,66)(H,61,72)(H,62,70)(H,64,65)(H,73,74)/t34-,36-,37-,38-,39-,40-,42-,43+/m0/s1. The van der Waals surface area contributed by atoms with Gasteiger partial charge in [0.15, 0.2) is 0 Å². The van der Waals surface area contributed by atoms with E-state index in [1.165, 1.54) is 38.1 Å². The van der Waals surface area contributed by atoms with Gasteiger partial charge in [-0.25, -0.2) is 4.79 Å². The molecule has 0 fully saturated rings. The van der Waals surface area contributed by atoms with Gasteiger partial charge in [-0.05, 0) is 80.5 Å². The van der Waals surface area contributed by atoms with E-state index < -0.39 is 119 Å². The normalized spacial score (nSPS) is 14.6. The number of nitrogens with two attached hydrogens (primary N) is 2. The maximum absolute atomic E-state index is 14.8. The SMILES string of the molecule is CC(C)[C@H](NC(=O)[C@@H](NC(=O)[C@H](Cc1ccc(O)cc1)NC(=O)[C@H](CCCCN)NC(=O)[C@H](Cc1c[nH]c2ccccc12)NC(=O)[C@H](Cc1ccccc1)NC(=O)[C@H](CS)NC(=O)[C@@H](N)CC(=O)O)C(C)(C)S)C(=O)O. The van der Waals surface area contributed by atoms with Crippen LogP contribution in [0.3, 0.4) is 0 Å². The summed E-state index contributed by atoms with van der Waals surface area (Å²) >= 11 is 8.76. The van der Waals surface area contributed by atoms with E-state index in [-0.39, 0.29) is 43.7 Å². The number of carbonyl (C=O) groups is 9. The summed E-state index contributed by atoms with van der Waals surface area (Å²) in [7, 11) is 0. The van der Waals surface area contributed by atoms with Gasteiger partial charge < -0.3 is 69.0 Å². The van der Waals surface area contributed by atoms with Crippen LogP contribution in [0.4, 0.5) is 0 Å². The number of aliphatic carboxylic acids is 2. The van der Waals surface area contributed by atoms with Crippen LogP contribution in [0.1, 0.15) is 70.1 Å². The zero-order valence-electron chi connectivity index (χ0n) is 42.7. The van der Waals surface area contributed by atoms with Crippen molar-refractivity contribution in [3.8, 4) is 5.75 Å². The highest BCUT2D eigenvalue weighted by molar-refractivity contribution is 7.81. The second-order valence-corrected chi connectivity index (χ2v) is 20.8. The van der Waals surface area contributed by atoms with Crippen molar-refractivity contribution < 1.29 is 58.5 Å². The highest BCUT2D eigenvalue weighted by Crippen LogP contribution is 2.22. The number of aromatic hydroxyl groups is 1. The van der Waals surface area contributed by atoms with E-state index in [0.29, 0.717) is 29.5 Å². The van der Waals surface area contributed by atoms with Crippen molar-refractivity contribution >= 4 is 89.4 Å².